The van der Waals surface area contributed by atoms with Crippen molar-refractivity contribution >= 4 is 0 Å². The van der Waals surface area contributed by atoms with E-state index in [1.54, 1.807) is 0 Å². The lowest BCUT2D eigenvalue weighted by atomic mass is 10.0. The highest BCUT2D eigenvalue weighted by Gasteiger charge is 2.35. The molecule has 2 nitrogen and oxygen atoms in total. The fraction of sp³-hybridized carbons (Fsp3) is 0.857. The summed E-state index contributed by atoms with van der Waals surface area (Å²) in [5.74, 6) is 2.01. The van der Waals surface area contributed by atoms with Gasteiger partial charge in [0.05, 0.1) is 0 Å². The maximum Gasteiger partial charge on any atom is 0.0203 e. The minimum Gasteiger partial charge on any atom is -0.311 e. The van der Waals surface area contributed by atoms with Crippen LogP contribution >= 0.6 is 0 Å². The van der Waals surface area contributed by atoms with Gasteiger partial charge in [0, 0.05) is 32.2 Å². The van der Waals surface area contributed by atoms with E-state index in [9.17, 15) is 0 Å². The number of likely N-dealkylation sites (tertiary alicyclic amines) is 1. The maximum absolute atomic E-state index is 4.18. The summed E-state index contributed by atoms with van der Waals surface area (Å²) in [6.07, 6.45) is 4.41. The van der Waals surface area contributed by atoms with Crippen LogP contribution in [0.5, 0.6) is 0 Å². The summed E-state index contributed by atoms with van der Waals surface area (Å²) in [7, 11) is 0. The Morgan fingerprint density at radius 2 is 1.94 bits per heavy atom. The van der Waals surface area contributed by atoms with Gasteiger partial charge in [0.2, 0.25) is 0 Å². The third-order valence-electron chi connectivity index (χ3n) is 4.01. The summed E-state index contributed by atoms with van der Waals surface area (Å²) in [6, 6.07) is 0.565. The van der Waals surface area contributed by atoms with Crippen LogP contribution in [0.2, 0.25) is 0 Å². The van der Waals surface area contributed by atoms with Crippen LogP contribution in [-0.4, -0.2) is 37.1 Å². The fourth-order valence-corrected chi connectivity index (χ4v) is 3.18. The Bertz CT molecular complexity index is 235. The first-order valence-electron chi connectivity index (χ1n) is 6.77. The van der Waals surface area contributed by atoms with Crippen molar-refractivity contribution in [1.82, 2.24) is 10.2 Å². The molecule has 0 amide bonds. The number of hydrogen-bond acceptors (Lipinski definition) is 2. The van der Waals surface area contributed by atoms with Crippen LogP contribution < -0.4 is 5.32 Å². The lowest BCUT2D eigenvalue weighted by Crippen LogP contribution is -2.30. The zero-order valence-electron chi connectivity index (χ0n) is 10.8. The zero-order chi connectivity index (χ0) is 11.5. The highest BCUT2D eigenvalue weighted by atomic mass is 15.2. The van der Waals surface area contributed by atoms with E-state index in [2.05, 4.69) is 30.6 Å². The average molecular weight is 222 g/mol. The summed E-state index contributed by atoms with van der Waals surface area (Å²) in [5.41, 5.74) is 1.34. The molecule has 2 unspecified atom stereocenters. The van der Waals surface area contributed by atoms with Gasteiger partial charge in [-0.05, 0) is 30.3 Å². The first-order valence-corrected chi connectivity index (χ1v) is 6.77. The SMILES string of the molecule is C=C(CNC(C)C)CN1CC2CCCC2C1. The van der Waals surface area contributed by atoms with E-state index < -0.39 is 0 Å². The van der Waals surface area contributed by atoms with Crippen LogP contribution in [0.25, 0.3) is 0 Å². The van der Waals surface area contributed by atoms with Gasteiger partial charge in [0.25, 0.3) is 0 Å². The van der Waals surface area contributed by atoms with Crippen LogP contribution in [0.3, 0.4) is 0 Å². The van der Waals surface area contributed by atoms with Crippen molar-refractivity contribution < 1.29 is 0 Å². The highest BCUT2D eigenvalue weighted by Crippen LogP contribution is 2.37. The summed E-state index contributed by atoms with van der Waals surface area (Å²) < 4.78 is 0. The van der Waals surface area contributed by atoms with E-state index in [1.807, 2.05) is 0 Å². The van der Waals surface area contributed by atoms with Crippen LogP contribution in [-0.2, 0) is 0 Å². The monoisotopic (exact) mass is 222 g/mol. The Morgan fingerprint density at radius 1 is 1.31 bits per heavy atom. The summed E-state index contributed by atoms with van der Waals surface area (Å²) in [4.78, 5) is 2.61. The van der Waals surface area contributed by atoms with Gasteiger partial charge in [-0.1, -0.05) is 26.8 Å². The number of hydrogen-bond donors (Lipinski definition) is 1. The topological polar surface area (TPSA) is 15.3 Å². The first-order chi connectivity index (χ1) is 7.65. The highest BCUT2D eigenvalue weighted by molar-refractivity contribution is 5.02. The molecular weight excluding hydrogens is 196 g/mol. The molecule has 1 saturated carbocycles. The lowest BCUT2D eigenvalue weighted by molar-refractivity contribution is 0.333. The second-order valence-electron chi connectivity index (χ2n) is 5.93. The van der Waals surface area contributed by atoms with Gasteiger partial charge < -0.3 is 5.32 Å². The second-order valence-corrected chi connectivity index (χ2v) is 5.93. The van der Waals surface area contributed by atoms with Gasteiger partial charge in [-0.3, -0.25) is 4.90 Å². The Labute approximate surface area is 100 Å². The molecule has 2 fully saturated rings. The molecule has 0 aromatic carbocycles. The van der Waals surface area contributed by atoms with Crippen molar-refractivity contribution in [3.63, 3.8) is 0 Å². The number of nitrogens with one attached hydrogen (secondary N) is 1. The van der Waals surface area contributed by atoms with E-state index >= 15 is 0 Å². The number of nitrogens with zero attached hydrogens (tertiary/aromatic N) is 1. The molecule has 1 aliphatic heterocycles. The molecule has 2 rings (SSSR count). The minimum atomic E-state index is 0.565. The molecule has 0 aromatic heterocycles. The summed E-state index contributed by atoms with van der Waals surface area (Å²) >= 11 is 0. The van der Waals surface area contributed by atoms with E-state index in [4.69, 9.17) is 0 Å². The molecule has 0 spiro atoms. The molecule has 1 N–H and O–H groups in total. The Kier molecular flexibility index (Phi) is 4.04. The second kappa shape index (κ2) is 5.33. The predicted octanol–water partition coefficient (Wildman–Crippen LogP) is 2.27. The van der Waals surface area contributed by atoms with Gasteiger partial charge in [0.1, 0.15) is 0 Å². The standard InChI is InChI=1S/C14H26N2/c1-11(2)15-7-12(3)8-16-9-13-5-4-6-14(13)10-16/h11,13-15H,3-10H2,1-2H3. The smallest absolute Gasteiger partial charge is 0.0203 e. The van der Waals surface area contributed by atoms with Crippen molar-refractivity contribution in [2.45, 2.75) is 39.2 Å². The van der Waals surface area contributed by atoms with Gasteiger partial charge in [-0.25, -0.2) is 0 Å². The van der Waals surface area contributed by atoms with Crippen molar-refractivity contribution in [1.29, 1.82) is 0 Å². The van der Waals surface area contributed by atoms with Crippen molar-refractivity contribution in [2.24, 2.45) is 11.8 Å². The van der Waals surface area contributed by atoms with Gasteiger partial charge in [0.15, 0.2) is 0 Å². The quantitative estimate of drug-likeness (QED) is 0.718. The predicted molar refractivity (Wildman–Crippen MR) is 69.5 cm³/mol. The fourth-order valence-electron chi connectivity index (χ4n) is 3.18. The molecule has 1 aliphatic carbocycles. The molecular formula is C14H26N2. The average Bonchev–Trinajstić information content (AvgIpc) is 2.74. The number of rotatable bonds is 5. The van der Waals surface area contributed by atoms with Crippen LogP contribution in [0.4, 0.5) is 0 Å². The summed E-state index contributed by atoms with van der Waals surface area (Å²) in [5, 5.41) is 3.44. The van der Waals surface area contributed by atoms with Crippen molar-refractivity contribution in [3.8, 4) is 0 Å². The molecule has 92 valence electrons. The molecule has 0 aromatic rings. The van der Waals surface area contributed by atoms with Gasteiger partial charge >= 0.3 is 0 Å². The molecule has 16 heavy (non-hydrogen) atoms. The Morgan fingerprint density at radius 3 is 2.50 bits per heavy atom. The molecule has 0 bridgehead atoms. The van der Waals surface area contributed by atoms with Crippen LogP contribution in [0.1, 0.15) is 33.1 Å². The molecule has 1 saturated heterocycles. The Balaban J connectivity index is 1.68. The van der Waals surface area contributed by atoms with Gasteiger partial charge in [-0.15, -0.1) is 0 Å². The molecule has 2 heteroatoms. The van der Waals surface area contributed by atoms with E-state index in [-0.39, 0.29) is 0 Å². The van der Waals surface area contributed by atoms with E-state index in [0.29, 0.717) is 6.04 Å². The first kappa shape index (κ1) is 12.1. The lowest BCUT2D eigenvalue weighted by Gasteiger charge is -2.19. The molecule has 0 radical (unpaired) electrons. The van der Waals surface area contributed by atoms with E-state index in [0.717, 1.165) is 24.9 Å². The third kappa shape index (κ3) is 3.08. The van der Waals surface area contributed by atoms with Crippen LogP contribution in [0.15, 0.2) is 12.2 Å². The normalized spacial score (nSPS) is 29.9. The number of fused-ring (bicyclic) bond motifs is 1. The van der Waals surface area contributed by atoms with Crippen molar-refractivity contribution in [2.75, 3.05) is 26.2 Å². The van der Waals surface area contributed by atoms with Crippen LogP contribution in [0, 0.1) is 11.8 Å². The Hall–Kier alpha value is -0.340. The summed E-state index contributed by atoms with van der Waals surface area (Å²) in [6.45, 7) is 13.3. The third-order valence-corrected chi connectivity index (χ3v) is 4.01. The largest absolute Gasteiger partial charge is 0.311 e. The zero-order valence-corrected chi connectivity index (χ0v) is 10.8. The molecule has 2 atom stereocenters. The molecule has 1 heterocycles. The maximum atomic E-state index is 4.18. The van der Waals surface area contributed by atoms with E-state index in [1.165, 1.54) is 37.9 Å². The molecule has 2 aliphatic rings. The van der Waals surface area contributed by atoms with Crippen molar-refractivity contribution in [3.05, 3.63) is 12.2 Å². The minimum absolute atomic E-state index is 0.565. The van der Waals surface area contributed by atoms with Gasteiger partial charge in [-0.2, -0.15) is 0 Å².